The van der Waals surface area contributed by atoms with Crippen molar-refractivity contribution in [3.8, 4) is 22.6 Å². The molecule has 1 N–H and O–H groups in total. The number of halogens is 6. The van der Waals surface area contributed by atoms with Crippen molar-refractivity contribution in [3.05, 3.63) is 84.4 Å². The number of hydrogen-bond donors (Lipinski definition) is 1. The van der Waals surface area contributed by atoms with Crippen LogP contribution in [0.3, 0.4) is 0 Å². The van der Waals surface area contributed by atoms with Gasteiger partial charge in [0.25, 0.3) is 0 Å². The molecular formula is C24H19F6N5. The summed E-state index contributed by atoms with van der Waals surface area (Å²) in [6.45, 7) is 1.12. The predicted molar refractivity (Wildman–Crippen MR) is 118 cm³/mol. The number of rotatable bonds is 7. The van der Waals surface area contributed by atoms with Crippen molar-refractivity contribution < 1.29 is 26.3 Å². The number of aromatic nitrogens is 4. The van der Waals surface area contributed by atoms with Gasteiger partial charge >= 0.3 is 12.4 Å². The Kier molecular flexibility index (Phi) is 6.77. The Morgan fingerprint density at radius 2 is 1.49 bits per heavy atom. The first kappa shape index (κ1) is 24.2. The molecule has 0 atom stereocenters. The number of anilines is 1. The molecule has 5 nitrogen and oxygen atoms in total. The SMILES string of the molecule is FC(F)(F)c1cc(-c2cc(NCCCn3ccnc3)nc(-c3ccccc3)n2)cc(C(F)(F)F)c1. The zero-order valence-corrected chi connectivity index (χ0v) is 18.1. The first-order valence-electron chi connectivity index (χ1n) is 10.5. The highest BCUT2D eigenvalue weighted by Gasteiger charge is 2.37. The van der Waals surface area contributed by atoms with Crippen LogP contribution in [-0.2, 0) is 18.9 Å². The number of hydrogen-bond acceptors (Lipinski definition) is 4. The molecule has 0 aliphatic carbocycles. The van der Waals surface area contributed by atoms with Gasteiger partial charge in [-0.15, -0.1) is 0 Å². The summed E-state index contributed by atoms with van der Waals surface area (Å²) in [6, 6.07) is 11.4. The van der Waals surface area contributed by atoms with E-state index in [0.717, 1.165) is 0 Å². The average Bonchev–Trinajstić information content (AvgIpc) is 3.34. The van der Waals surface area contributed by atoms with Crippen molar-refractivity contribution in [2.45, 2.75) is 25.3 Å². The molecule has 0 aliphatic rings. The van der Waals surface area contributed by atoms with Crippen LogP contribution >= 0.6 is 0 Å². The zero-order valence-electron chi connectivity index (χ0n) is 18.1. The van der Waals surface area contributed by atoms with E-state index < -0.39 is 23.5 Å². The number of imidazole rings is 1. The van der Waals surface area contributed by atoms with Gasteiger partial charge in [0.05, 0.1) is 23.1 Å². The van der Waals surface area contributed by atoms with E-state index in [4.69, 9.17) is 0 Å². The standard InChI is InChI=1S/C24H19F6N5/c25-23(26,27)18-11-17(12-19(13-18)24(28,29)30)20-14-21(32-7-4-9-35-10-8-31-15-35)34-22(33-20)16-5-2-1-3-6-16/h1-3,5-6,8,10-15H,4,7,9H2,(H,32,33,34). The summed E-state index contributed by atoms with van der Waals surface area (Å²) >= 11 is 0. The highest BCUT2D eigenvalue weighted by Crippen LogP contribution is 2.38. The van der Waals surface area contributed by atoms with Gasteiger partial charge in [0, 0.05) is 42.7 Å². The minimum absolute atomic E-state index is 0.0624. The summed E-state index contributed by atoms with van der Waals surface area (Å²) in [5.74, 6) is 0.455. The molecule has 182 valence electrons. The molecule has 4 aromatic rings. The molecule has 0 saturated carbocycles. The van der Waals surface area contributed by atoms with Gasteiger partial charge in [0.15, 0.2) is 5.82 Å². The van der Waals surface area contributed by atoms with Crippen molar-refractivity contribution in [2.24, 2.45) is 0 Å². The van der Waals surface area contributed by atoms with Crippen LogP contribution in [-0.4, -0.2) is 26.1 Å². The third kappa shape index (κ3) is 6.17. The van der Waals surface area contributed by atoms with Crippen LogP contribution in [0.5, 0.6) is 0 Å². The molecule has 0 fully saturated rings. The van der Waals surface area contributed by atoms with Crippen LogP contribution < -0.4 is 5.32 Å². The molecule has 11 heteroatoms. The molecule has 0 spiro atoms. The maximum Gasteiger partial charge on any atom is 0.416 e. The molecule has 2 aromatic carbocycles. The number of alkyl halides is 6. The van der Waals surface area contributed by atoms with Crippen molar-refractivity contribution >= 4 is 5.82 Å². The minimum atomic E-state index is -4.96. The van der Waals surface area contributed by atoms with E-state index >= 15 is 0 Å². The monoisotopic (exact) mass is 491 g/mol. The Balaban J connectivity index is 1.72. The Morgan fingerprint density at radius 3 is 2.09 bits per heavy atom. The van der Waals surface area contributed by atoms with Gasteiger partial charge in [-0.25, -0.2) is 15.0 Å². The Labute approximate surface area is 196 Å². The van der Waals surface area contributed by atoms with Crippen LogP contribution in [0, 0.1) is 0 Å². The lowest BCUT2D eigenvalue weighted by Crippen LogP contribution is -2.11. The third-order valence-electron chi connectivity index (χ3n) is 5.10. The molecular weight excluding hydrogens is 472 g/mol. The van der Waals surface area contributed by atoms with Gasteiger partial charge in [-0.2, -0.15) is 26.3 Å². The fourth-order valence-electron chi connectivity index (χ4n) is 3.40. The van der Waals surface area contributed by atoms with E-state index in [0.29, 0.717) is 37.2 Å². The molecule has 0 unspecified atom stereocenters. The van der Waals surface area contributed by atoms with Gasteiger partial charge in [-0.3, -0.25) is 0 Å². The molecule has 0 radical (unpaired) electrons. The summed E-state index contributed by atoms with van der Waals surface area (Å²) in [5, 5.41) is 3.09. The van der Waals surface area contributed by atoms with E-state index in [1.165, 1.54) is 6.07 Å². The van der Waals surface area contributed by atoms with Crippen molar-refractivity contribution in [1.82, 2.24) is 19.5 Å². The molecule has 0 saturated heterocycles. The van der Waals surface area contributed by atoms with Crippen LogP contribution in [0.15, 0.2) is 73.3 Å². The number of nitrogens with one attached hydrogen (secondary N) is 1. The van der Waals surface area contributed by atoms with Gasteiger partial charge < -0.3 is 9.88 Å². The number of benzene rings is 2. The number of aryl methyl sites for hydroxylation is 1. The zero-order chi connectivity index (χ0) is 25.1. The first-order chi connectivity index (χ1) is 16.6. The molecule has 0 bridgehead atoms. The van der Waals surface area contributed by atoms with E-state index in [1.807, 2.05) is 10.8 Å². The number of nitrogens with zero attached hydrogens (tertiary/aromatic N) is 4. The summed E-state index contributed by atoms with van der Waals surface area (Å²) in [6.07, 6.45) is -4.11. The smallest absolute Gasteiger partial charge is 0.370 e. The lowest BCUT2D eigenvalue weighted by atomic mass is 10.0. The summed E-state index contributed by atoms with van der Waals surface area (Å²) in [5.41, 5.74) is -2.62. The molecule has 4 rings (SSSR count). The van der Waals surface area contributed by atoms with Gasteiger partial charge in [-0.1, -0.05) is 30.3 Å². The van der Waals surface area contributed by atoms with E-state index in [-0.39, 0.29) is 29.0 Å². The average molecular weight is 491 g/mol. The highest BCUT2D eigenvalue weighted by atomic mass is 19.4. The Hall–Kier alpha value is -3.89. The molecule has 2 heterocycles. The summed E-state index contributed by atoms with van der Waals surface area (Å²) < 4.78 is 82.1. The highest BCUT2D eigenvalue weighted by molar-refractivity contribution is 5.69. The second-order valence-electron chi connectivity index (χ2n) is 7.70. The molecule has 2 aromatic heterocycles. The fraction of sp³-hybridized carbons (Fsp3) is 0.208. The van der Waals surface area contributed by atoms with Gasteiger partial charge in [0.1, 0.15) is 5.82 Å². The van der Waals surface area contributed by atoms with Crippen LogP contribution in [0.2, 0.25) is 0 Å². The van der Waals surface area contributed by atoms with Crippen molar-refractivity contribution in [1.29, 1.82) is 0 Å². The topological polar surface area (TPSA) is 55.6 Å². The molecule has 0 amide bonds. The summed E-state index contributed by atoms with van der Waals surface area (Å²) in [7, 11) is 0. The van der Waals surface area contributed by atoms with Crippen molar-refractivity contribution in [2.75, 3.05) is 11.9 Å². The normalized spacial score (nSPS) is 12.1. The lowest BCUT2D eigenvalue weighted by molar-refractivity contribution is -0.143. The predicted octanol–water partition coefficient (Wildman–Crippen LogP) is 6.55. The molecule has 0 aliphatic heterocycles. The van der Waals surface area contributed by atoms with Gasteiger partial charge in [-0.05, 0) is 24.6 Å². The van der Waals surface area contributed by atoms with Crippen LogP contribution in [0.25, 0.3) is 22.6 Å². The maximum absolute atomic E-state index is 13.4. The Morgan fingerprint density at radius 1 is 0.800 bits per heavy atom. The van der Waals surface area contributed by atoms with Crippen LogP contribution in [0.4, 0.5) is 32.2 Å². The van der Waals surface area contributed by atoms with E-state index in [9.17, 15) is 26.3 Å². The Bertz CT molecular complexity index is 1240. The lowest BCUT2D eigenvalue weighted by Gasteiger charge is -2.15. The molecule has 35 heavy (non-hydrogen) atoms. The third-order valence-corrected chi connectivity index (χ3v) is 5.10. The minimum Gasteiger partial charge on any atom is -0.370 e. The van der Waals surface area contributed by atoms with Crippen LogP contribution in [0.1, 0.15) is 17.5 Å². The summed E-state index contributed by atoms with van der Waals surface area (Å²) in [4.78, 5) is 12.7. The van der Waals surface area contributed by atoms with Gasteiger partial charge in [0.2, 0.25) is 0 Å². The fourth-order valence-corrected chi connectivity index (χ4v) is 3.40. The largest absolute Gasteiger partial charge is 0.416 e. The first-order valence-corrected chi connectivity index (χ1v) is 10.5. The second kappa shape index (κ2) is 9.77. The second-order valence-corrected chi connectivity index (χ2v) is 7.70. The van der Waals surface area contributed by atoms with E-state index in [1.54, 1.807) is 42.9 Å². The maximum atomic E-state index is 13.4. The van der Waals surface area contributed by atoms with E-state index in [2.05, 4.69) is 20.3 Å². The quantitative estimate of drug-likeness (QED) is 0.235. The van der Waals surface area contributed by atoms with Crippen molar-refractivity contribution in [3.63, 3.8) is 0 Å².